The van der Waals surface area contributed by atoms with E-state index in [1.165, 1.54) is 6.92 Å². The summed E-state index contributed by atoms with van der Waals surface area (Å²) in [6.45, 7) is 4.69. The van der Waals surface area contributed by atoms with Crippen molar-refractivity contribution in [1.82, 2.24) is 10.2 Å². The van der Waals surface area contributed by atoms with Gasteiger partial charge in [-0.25, -0.2) is 0 Å². The molecule has 0 radical (unpaired) electrons. The van der Waals surface area contributed by atoms with Gasteiger partial charge in [0.15, 0.2) is 0 Å². The minimum atomic E-state index is -0.0514. The van der Waals surface area contributed by atoms with E-state index in [2.05, 4.69) is 5.32 Å². The molecule has 1 heterocycles. The maximum Gasteiger partial charge on any atom is 0.254 e. The molecule has 1 aliphatic heterocycles. The zero-order valence-electron chi connectivity index (χ0n) is 12.0. The molecule has 1 fully saturated rings. The maximum absolute atomic E-state index is 12.6. The molecule has 1 atom stereocenters. The number of carbonyl (C=O) groups is 2. The number of benzene rings is 1. The molecule has 2 amide bonds. The van der Waals surface area contributed by atoms with Crippen LogP contribution in [0.2, 0.25) is 0 Å². The van der Waals surface area contributed by atoms with E-state index in [0.717, 1.165) is 24.9 Å². The predicted molar refractivity (Wildman–Crippen MR) is 78.3 cm³/mol. The second kappa shape index (κ2) is 5.94. The first-order valence-electron chi connectivity index (χ1n) is 6.90. The zero-order chi connectivity index (χ0) is 14.7. The second-order valence-corrected chi connectivity index (χ2v) is 5.37. The molecular formula is C15H21N3O2. The molecule has 0 bridgehead atoms. The summed E-state index contributed by atoms with van der Waals surface area (Å²) in [5.74, 6) is -0.0608. The van der Waals surface area contributed by atoms with Crippen molar-refractivity contribution in [3.8, 4) is 0 Å². The molecule has 1 aliphatic rings. The molecule has 1 unspecified atom stereocenters. The molecule has 108 valence electrons. The van der Waals surface area contributed by atoms with Gasteiger partial charge in [0, 0.05) is 37.3 Å². The summed E-state index contributed by atoms with van der Waals surface area (Å²) in [4.78, 5) is 25.5. The fraction of sp³-hybridized carbons (Fsp3) is 0.467. The van der Waals surface area contributed by atoms with Crippen molar-refractivity contribution in [2.24, 2.45) is 0 Å². The number of nitrogens with one attached hydrogen (secondary N) is 1. The topological polar surface area (TPSA) is 75.4 Å². The lowest BCUT2D eigenvalue weighted by Crippen LogP contribution is -2.49. The maximum atomic E-state index is 12.6. The van der Waals surface area contributed by atoms with E-state index >= 15 is 0 Å². The van der Waals surface area contributed by atoms with Gasteiger partial charge in [-0.1, -0.05) is 6.07 Å². The summed E-state index contributed by atoms with van der Waals surface area (Å²) in [6.07, 6.45) is 1.82. The molecule has 0 spiro atoms. The number of nitrogen functional groups attached to an aromatic ring is 1. The molecule has 5 nitrogen and oxygen atoms in total. The summed E-state index contributed by atoms with van der Waals surface area (Å²) in [5, 5.41) is 2.89. The fourth-order valence-corrected chi connectivity index (χ4v) is 2.61. The van der Waals surface area contributed by atoms with Crippen LogP contribution in [0.4, 0.5) is 5.69 Å². The monoisotopic (exact) mass is 275 g/mol. The van der Waals surface area contributed by atoms with Crippen LogP contribution in [-0.2, 0) is 4.79 Å². The Labute approximate surface area is 119 Å². The average Bonchev–Trinajstić information content (AvgIpc) is 2.40. The molecule has 2 rings (SSSR count). The number of piperidine rings is 1. The number of anilines is 1. The van der Waals surface area contributed by atoms with E-state index in [9.17, 15) is 9.59 Å². The Kier molecular flexibility index (Phi) is 4.27. The van der Waals surface area contributed by atoms with Gasteiger partial charge in [-0.15, -0.1) is 0 Å². The Morgan fingerprint density at radius 1 is 1.40 bits per heavy atom. The molecule has 20 heavy (non-hydrogen) atoms. The van der Waals surface area contributed by atoms with Crippen molar-refractivity contribution in [2.75, 3.05) is 18.8 Å². The van der Waals surface area contributed by atoms with Gasteiger partial charge < -0.3 is 16.0 Å². The van der Waals surface area contributed by atoms with Crippen molar-refractivity contribution in [1.29, 1.82) is 0 Å². The Morgan fingerprint density at radius 3 is 2.85 bits per heavy atom. The summed E-state index contributed by atoms with van der Waals surface area (Å²) in [6, 6.07) is 5.42. The van der Waals surface area contributed by atoms with Gasteiger partial charge in [-0.3, -0.25) is 9.59 Å². The van der Waals surface area contributed by atoms with Gasteiger partial charge in [-0.2, -0.15) is 0 Å². The van der Waals surface area contributed by atoms with E-state index in [1.54, 1.807) is 17.0 Å². The van der Waals surface area contributed by atoms with Crippen LogP contribution >= 0.6 is 0 Å². The molecule has 1 aromatic rings. The molecule has 5 heteroatoms. The predicted octanol–water partition coefficient (Wildman–Crippen LogP) is 1.32. The number of nitrogens with two attached hydrogens (primary N) is 1. The van der Waals surface area contributed by atoms with Crippen molar-refractivity contribution >= 4 is 17.5 Å². The number of carbonyl (C=O) groups excluding carboxylic acids is 2. The first kappa shape index (κ1) is 14.4. The molecule has 1 aromatic carbocycles. The minimum absolute atomic E-state index is 0.00940. The summed E-state index contributed by atoms with van der Waals surface area (Å²) in [5.41, 5.74) is 7.92. The zero-order valence-corrected chi connectivity index (χ0v) is 12.0. The smallest absolute Gasteiger partial charge is 0.254 e. The van der Waals surface area contributed by atoms with Crippen LogP contribution in [0.25, 0.3) is 0 Å². The first-order chi connectivity index (χ1) is 9.47. The van der Waals surface area contributed by atoms with Gasteiger partial charge in [0.05, 0.1) is 0 Å². The van der Waals surface area contributed by atoms with Gasteiger partial charge in [0.25, 0.3) is 5.91 Å². The van der Waals surface area contributed by atoms with Crippen LogP contribution in [0.1, 0.15) is 35.7 Å². The number of rotatable bonds is 2. The highest BCUT2D eigenvalue weighted by atomic mass is 16.2. The summed E-state index contributed by atoms with van der Waals surface area (Å²) in [7, 11) is 0. The van der Waals surface area contributed by atoms with Crippen molar-refractivity contribution in [2.45, 2.75) is 32.7 Å². The highest BCUT2D eigenvalue weighted by Gasteiger charge is 2.25. The standard InChI is InChI=1S/C15H21N3O2/c1-10-5-6-12(16)8-14(10)15(20)18-7-3-4-13(9-18)17-11(2)19/h5-6,8,13H,3-4,7,9,16H2,1-2H3,(H,17,19). The van der Waals surface area contributed by atoms with E-state index in [-0.39, 0.29) is 17.9 Å². The normalized spacial score (nSPS) is 18.7. The Hall–Kier alpha value is -2.04. The van der Waals surface area contributed by atoms with Crippen LogP contribution in [0.3, 0.4) is 0 Å². The molecule has 3 N–H and O–H groups in total. The van der Waals surface area contributed by atoms with Crippen molar-refractivity contribution in [3.05, 3.63) is 29.3 Å². The van der Waals surface area contributed by atoms with Crippen molar-refractivity contribution in [3.63, 3.8) is 0 Å². The molecule has 0 aliphatic carbocycles. The van der Waals surface area contributed by atoms with Gasteiger partial charge in [0.1, 0.15) is 0 Å². The lowest BCUT2D eigenvalue weighted by atomic mass is 10.0. The van der Waals surface area contributed by atoms with Gasteiger partial charge in [0.2, 0.25) is 5.91 Å². The average molecular weight is 275 g/mol. The van der Waals surface area contributed by atoms with Crippen LogP contribution < -0.4 is 11.1 Å². The molecule has 0 aromatic heterocycles. The summed E-state index contributed by atoms with van der Waals surface area (Å²) >= 11 is 0. The number of aryl methyl sites for hydroxylation is 1. The largest absolute Gasteiger partial charge is 0.399 e. The first-order valence-corrected chi connectivity index (χ1v) is 6.90. The Bertz CT molecular complexity index is 528. The summed E-state index contributed by atoms with van der Waals surface area (Å²) < 4.78 is 0. The highest BCUT2D eigenvalue weighted by Crippen LogP contribution is 2.18. The van der Waals surface area contributed by atoms with Gasteiger partial charge in [-0.05, 0) is 37.5 Å². The third-order valence-electron chi connectivity index (χ3n) is 3.61. The number of likely N-dealkylation sites (tertiary alicyclic amines) is 1. The third-order valence-corrected chi connectivity index (χ3v) is 3.61. The van der Waals surface area contributed by atoms with Crippen LogP contribution in [-0.4, -0.2) is 35.8 Å². The van der Waals surface area contributed by atoms with Crippen molar-refractivity contribution < 1.29 is 9.59 Å². The molecular weight excluding hydrogens is 254 g/mol. The van der Waals surface area contributed by atoms with E-state index < -0.39 is 0 Å². The van der Waals surface area contributed by atoms with Crippen LogP contribution in [0, 0.1) is 6.92 Å². The number of hydrogen-bond acceptors (Lipinski definition) is 3. The SMILES string of the molecule is CC(=O)NC1CCCN(C(=O)c2cc(N)ccc2C)C1. The highest BCUT2D eigenvalue weighted by molar-refractivity contribution is 5.96. The lowest BCUT2D eigenvalue weighted by Gasteiger charge is -2.33. The van der Waals surface area contributed by atoms with Crippen LogP contribution in [0.15, 0.2) is 18.2 Å². The third kappa shape index (κ3) is 3.29. The number of amides is 2. The Balaban J connectivity index is 2.12. The van der Waals surface area contributed by atoms with Gasteiger partial charge >= 0.3 is 0 Å². The quantitative estimate of drug-likeness (QED) is 0.799. The fourth-order valence-electron chi connectivity index (χ4n) is 2.61. The molecule has 1 saturated heterocycles. The van der Waals surface area contributed by atoms with E-state index in [0.29, 0.717) is 17.8 Å². The Morgan fingerprint density at radius 2 is 2.15 bits per heavy atom. The number of hydrogen-bond donors (Lipinski definition) is 2. The number of nitrogens with zero attached hydrogens (tertiary/aromatic N) is 1. The minimum Gasteiger partial charge on any atom is -0.399 e. The second-order valence-electron chi connectivity index (χ2n) is 5.37. The van der Waals surface area contributed by atoms with E-state index in [1.807, 2.05) is 13.0 Å². The lowest BCUT2D eigenvalue weighted by molar-refractivity contribution is -0.120. The van der Waals surface area contributed by atoms with Crippen LogP contribution in [0.5, 0.6) is 0 Å². The van der Waals surface area contributed by atoms with E-state index in [4.69, 9.17) is 5.73 Å². The molecule has 0 saturated carbocycles.